The fourth-order valence-corrected chi connectivity index (χ4v) is 4.45. The number of ether oxygens (including phenoxy) is 3. The van der Waals surface area contributed by atoms with Gasteiger partial charge in [0.05, 0.1) is 48.1 Å². The number of pyridine rings is 1. The number of Topliss-reactive ketones (excluding diaryl/α,β-unsaturated/α-hetero) is 1. The number of nitrogens with zero attached hydrogens (tertiary/aromatic N) is 2. The van der Waals surface area contributed by atoms with Crippen LogP contribution < -0.4 is 14.4 Å². The van der Waals surface area contributed by atoms with E-state index in [0.29, 0.717) is 11.3 Å². The SMILES string of the molecule is COc1cc(OC)c(/C(O)=C2\C(=O)C(=O)N(c3cccc(C(=O)OC(C)C)c3)C2c2cccnc2)cc1Cl. The van der Waals surface area contributed by atoms with Crippen LogP contribution in [0, 0.1) is 0 Å². The topological polar surface area (TPSA) is 115 Å². The Bertz CT molecular complexity index is 1440. The molecule has 1 fully saturated rings. The van der Waals surface area contributed by atoms with Crippen LogP contribution in [0.1, 0.15) is 41.4 Å². The number of carbonyl (C=O) groups is 3. The predicted octanol–water partition coefficient (Wildman–Crippen LogP) is 4.94. The smallest absolute Gasteiger partial charge is 0.338 e. The molecule has 196 valence electrons. The minimum atomic E-state index is -1.06. The Labute approximate surface area is 224 Å². The van der Waals surface area contributed by atoms with Gasteiger partial charge in [0.2, 0.25) is 0 Å². The number of esters is 1. The third kappa shape index (κ3) is 4.92. The van der Waals surface area contributed by atoms with Crippen LogP contribution in [0.25, 0.3) is 5.76 Å². The predicted molar refractivity (Wildman–Crippen MR) is 141 cm³/mol. The second-order valence-corrected chi connectivity index (χ2v) is 9.05. The molecule has 38 heavy (non-hydrogen) atoms. The molecule has 3 aromatic rings. The number of hydrogen-bond acceptors (Lipinski definition) is 8. The number of methoxy groups -OCH3 is 2. The molecule has 9 nitrogen and oxygen atoms in total. The van der Waals surface area contributed by atoms with Gasteiger partial charge in [-0.25, -0.2) is 4.79 Å². The summed E-state index contributed by atoms with van der Waals surface area (Å²) in [5.41, 5.74) is 0.823. The molecule has 0 bridgehead atoms. The summed E-state index contributed by atoms with van der Waals surface area (Å²) in [5.74, 6) is -2.41. The molecule has 1 amide bonds. The maximum atomic E-state index is 13.4. The Kier molecular flexibility index (Phi) is 7.68. The summed E-state index contributed by atoms with van der Waals surface area (Å²) < 4.78 is 15.9. The average molecular weight is 537 g/mol. The molecule has 1 aromatic heterocycles. The molecule has 0 spiro atoms. The van der Waals surface area contributed by atoms with Crippen molar-refractivity contribution >= 4 is 40.7 Å². The van der Waals surface area contributed by atoms with Crippen LogP contribution in [0.4, 0.5) is 5.69 Å². The first kappa shape index (κ1) is 26.7. The zero-order valence-electron chi connectivity index (χ0n) is 21.1. The van der Waals surface area contributed by atoms with Crippen molar-refractivity contribution in [2.45, 2.75) is 26.0 Å². The van der Waals surface area contributed by atoms with E-state index in [1.807, 2.05) is 0 Å². The Morgan fingerprint density at radius 2 is 1.79 bits per heavy atom. The van der Waals surface area contributed by atoms with E-state index in [2.05, 4.69) is 4.98 Å². The van der Waals surface area contributed by atoms with E-state index in [4.69, 9.17) is 25.8 Å². The normalized spacial score (nSPS) is 16.6. The van der Waals surface area contributed by atoms with Gasteiger partial charge >= 0.3 is 5.97 Å². The summed E-state index contributed by atoms with van der Waals surface area (Å²) in [6, 6.07) is 11.3. The van der Waals surface area contributed by atoms with Crippen LogP contribution in [0.2, 0.25) is 5.02 Å². The molecule has 10 heteroatoms. The van der Waals surface area contributed by atoms with Crippen LogP contribution in [0.5, 0.6) is 11.5 Å². The van der Waals surface area contributed by atoms with E-state index in [1.54, 1.807) is 50.4 Å². The van der Waals surface area contributed by atoms with Crippen LogP contribution in [-0.2, 0) is 14.3 Å². The highest BCUT2D eigenvalue weighted by atomic mass is 35.5. The lowest BCUT2D eigenvalue weighted by molar-refractivity contribution is -0.132. The lowest BCUT2D eigenvalue weighted by Gasteiger charge is -2.25. The van der Waals surface area contributed by atoms with Crippen LogP contribution in [0.15, 0.2) is 66.5 Å². The standard InChI is InChI=1S/C28H25ClN2O7/c1-15(2)38-28(35)16-7-5-9-18(11-16)31-24(17-8-6-10-30-14-17)23(26(33)27(31)34)25(32)19-12-20(29)22(37-4)13-21(19)36-3/h5-15,24,32H,1-4H3/b25-23+. The maximum absolute atomic E-state index is 13.4. The number of hydrogen-bond donors (Lipinski definition) is 1. The fourth-order valence-electron chi connectivity index (χ4n) is 4.21. The van der Waals surface area contributed by atoms with Gasteiger partial charge in [-0.05, 0) is 49.7 Å². The third-order valence-corrected chi connectivity index (χ3v) is 6.17. The molecule has 2 heterocycles. The first-order chi connectivity index (χ1) is 18.2. The quantitative estimate of drug-likeness (QED) is 0.195. The van der Waals surface area contributed by atoms with Gasteiger partial charge in [0, 0.05) is 24.1 Å². The van der Waals surface area contributed by atoms with Gasteiger partial charge in [-0.1, -0.05) is 23.7 Å². The summed E-state index contributed by atoms with van der Waals surface area (Å²) >= 11 is 6.30. The zero-order valence-corrected chi connectivity index (χ0v) is 21.9. The van der Waals surface area contributed by atoms with Crippen LogP contribution >= 0.6 is 11.6 Å². The molecule has 1 unspecified atom stereocenters. The van der Waals surface area contributed by atoms with Gasteiger partial charge in [0.15, 0.2) is 0 Å². The molecular weight excluding hydrogens is 512 g/mol. The number of halogens is 1. The Hall–Kier alpha value is -4.37. The average Bonchev–Trinajstić information content (AvgIpc) is 3.18. The molecule has 1 aliphatic rings. The van der Waals surface area contributed by atoms with Gasteiger partial charge in [0.1, 0.15) is 17.3 Å². The molecular formula is C28H25ClN2O7. The second-order valence-electron chi connectivity index (χ2n) is 8.65. The highest BCUT2D eigenvalue weighted by molar-refractivity contribution is 6.51. The molecule has 1 N–H and O–H groups in total. The maximum Gasteiger partial charge on any atom is 0.338 e. The van der Waals surface area contributed by atoms with E-state index in [9.17, 15) is 19.5 Å². The number of aliphatic hydroxyl groups excluding tert-OH is 1. The van der Waals surface area contributed by atoms with E-state index in [1.165, 1.54) is 43.5 Å². The van der Waals surface area contributed by atoms with Crippen molar-refractivity contribution in [2.75, 3.05) is 19.1 Å². The summed E-state index contributed by atoms with van der Waals surface area (Å²) in [7, 11) is 2.82. The summed E-state index contributed by atoms with van der Waals surface area (Å²) in [6.45, 7) is 3.45. The molecule has 1 saturated heterocycles. The first-order valence-corrected chi connectivity index (χ1v) is 12.0. The van der Waals surface area contributed by atoms with Crippen molar-refractivity contribution < 1.29 is 33.7 Å². The lowest BCUT2D eigenvalue weighted by atomic mass is 9.95. The molecule has 0 radical (unpaired) electrons. The molecule has 1 aliphatic heterocycles. The minimum Gasteiger partial charge on any atom is -0.507 e. The number of ketones is 1. The molecule has 2 aromatic carbocycles. The van der Waals surface area contributed by atoms with Crippen LogP contribution in [-0.4, -0.2) is 48.1 Å². The molecule has 0 saturated carbocycles. The molecule has 1 atom stereocenters. The Morgan fingerprint density at radius 3 is 2.42 bits per heavy atom. The van der Waals surface area contributed by atoms with Gasteiger partial charge in [0.25, 0.3) is 11.7 Å². The summed E-state index contributed by atoms with van der Waals surface area (Å²) in [6.07, 6.45) is 2.69. The fraction of sp³-hybridized carbons (Fsp3) is 0.214. The molecule has 0 aliphatic carbocycles. The largest absolute Gasteiger partial charge is 0.507 e. The van der Waals surface area contributed by atoms with Gasteiger partial charge in [-0.2, -0.15) is 0 Å². The highest BCUT2D eigenvalue weighted by Gasteiger charge is 2.47. The van der Waals surface area contributed by atoms with Crippen molar-refractivity contribution in [2.24, 2.45) is 0 Å². The number of anilines is 1. The Morgan fingerprint density at radius 1 is 1.05 bits per heavy atom. The number of carbonyl (C=O) groups excluding carboxylic acids is 3. The van der Waals surface area contributed by atoms with Crippen molar-refractivity contribution in [1.82, 2.24) is 4.98 Å². The van der Waals surface area contributed by atoms with E-state index >= 15 is 0 Å². The lowest BCUT2D eigenvalue weighted by Crippen LogP contribution is -2.29. The van der Waals surface area contributed by atoms with Crippen molar-refractivity contribution in [3.05, 3.63) is 88.2 Å². The van der Waals surface area contributed by atoms with Gasteiger partial charge in [-0.3, -0.25) is 19.5 Å². The van der Waals surface area contributed by atoms with Gasteiger partial charge < -0.3 is 19.3 Å². The summed E-state index contributed by atoms with van der Waals surface area (Å²) in [4.78, 5) is 44.8. The number of benzene rings is 2. The Balaban J connectivity index is 1.93. The van der Waals surface area contributed by atoms with Crippen molar-refractivity contribution in [3.8, 4) is 11.5 Å². The van der Waals surface area contributed by atoms with Crippen molar-refractivity contribution in [3.63, 3.8) is 0 Å². The number of aliphatic hydroxyl groups is 1. The van der Waals surface area contributed by atoms with Crippen LogP contribution in [0.3, 0.4) is 0 Å². The summed E-state index contributed by atoms with van der Waals surface area (Å²) in [5, 5.41) is 11.6. The van der Waals surface area contributed by atoms with Gasteiger partial charge in [-0.15, -0.1) is 0 Å². The van der Waals surface area contributed by atoms with E-state index < -0.39 is 29.5 Å². The van der Waals surface area contributed by atoms with E-state index in [-0.39, 0.29) is 39.3 Å². The van der Waals surface area contributed by atoms with E-state index in [0.717, 1.165) is 0 Å². The number of amides is 1. The van der Waals surface area contributed by atoms with Crippen molar-refractivity contribution in [1.29, 1.82) is 0 Å². The number of aromatic nitrogens is 1. The second kappa shape index (κ2) is 10.9. The third-order valence-electron chi connectivity index (χ3n) is 5.88. The monoisotopic (exact) mass is 536 g/mol. The number of rotatable bonds is 7. The highest BCUT2D eigenvalue weighted by Crippen LogP contribution is 2.44. The minimum absolute atomic E-state index is 0.0967. The molecule has 4 rings (SSSR count). The zero-order chi connectivity index (χ0) is 27.6. The first-order valence-electron chi connectivity index (χ1n) is 11.6.